The molecule has 0 bridgehead atoms. The lowest BCUT2D eigenvalue weighted by Crippen LogP contribution is -2.24. The third kappa shape index (κ3) is 4.25. The van der Waals surface area contributed by atoms with Crippen molar-refractivity contribution in [3.63, 3.8) is 0 Å². The quantitative estimate of drug-likeness (QED) is 0.731. The van der Waals surface area contributed by atoms with E-state index in [1.54, 1.807) is 6.07 Å². The van der Waals surface area contributed by atoms with Crippen LogP contribution < -0.4 is 10.6 Å². The first kappa shape index (κ1) is 17.6. The molecule has 26 heavy (non-hydrogen) atoms. The van der Waals surface area contributed by atoms with Gasteiger partial charge in [-0.05, 0) is 43.5 Å². The van der Waals surface area contributed by atoms with Crippen LogP contribution in [-0.4, -0.2) is 15.9 Å². The second-order valence-corrected chi connectivity index (χ2v) is 6.33. The molecule has 0 saturated heterocycles. The van der Waals surface area contributed by atoms with Gasteiger partial charge in [-0.3, -0.25) is 4.79 Å². The molecule has 0 aliphatic rings. The minimum atomic E-state index is -0.224. The molecule has 5 heteroatoms. The van der Waals surface area contributed by atoms with Gasteiger partial charge in [-0.25, -0.2) is 9.97 Å². The van der Waals surface area contributed by atoms with Gasteiger partial charge in [0.15, 0.2) is 0 Å². The molecule has 0 atom stereocenters. The molecule has 132 valence electrons. The molecule has 0 saturated carbocycles. The predicted octanol–water partition coefficient (Wildman–Crippen LogP) is 4.08. The van der Waals surface area contributed by atoms with Gasteiger partial charge in [0, 0.05) is 18.3 Å². The van der Waals surface area contributed by atoms with E-state index in [9.17, 15) is 4.79 Å². The average molecular weight is 346 g/mol. The van der Waals surface area contributed by atoms with E-state index in [-0.39, 0.29) is 5.91 Å². The molecule has 5 nitrogen and oxygen atoms in total. The van der Waals surface area contributed by atoms with Crippen LogP contribution in [0, 0.1) is 20.8 Å². The number of rotatable bonds is 5. The van der Waals surface area contributed by atoms with E-state index in [2.05, 4.69) is 33.6 Å². The molecule has 3 rings (SSSR count). The molecule has 0 fully saturated rings. The second-order valence-electron chi connectivity index (χ2n) is 6.33. The third-order valence-corrected chi connectivity index (χ3v) is 4.30. The van der Waals surface area contributed by atoms with E-state index >= 15 is 0 Å². The lowest BCUT2D eigenvalue weighted by molar-refractivity contribution is 0.0946. The Morgan fingerprint density at radius 2 is 1.81 bits per heavy atom. The van der Waals surface area contributed by atoms with Crippen LogP contribution >= 0.6 is 0 Å². The lowest BCUT2D eigenvalue weighted by atomic mass is 10.1. The van der Waals surface area contributed by atoms with Gasteiger partial charge in [-0.15, -0.1) is 0 Å². The normalized spacial score (nSPS) is 10.4. The fourth-order valence-electron chi connectivity index (χ4n) is 2.67. The van der Waals surface area contributed by atoms with Crippen molar-refractivity contribution < 1.29 is 4.79 Å². The molecule has 3 aromatic rings. The minimum absolute atomic E-state index is 0.224. The van der Waals surface area contributed by atoms with Crippen molar-refractivity contribution in [1.29, 1.82) is 0 Å². The molecule has 0 spiro atoms. The van der Waals surface area contributed by atoms with Gasteiger partial charge < -0.3 is 10.6 Å². The SMILES string of the molecule is Cc1cccc(CNC(=O)c2cc(Nc3cccc(C)c3C)ncn2)c1. The van der Waals surface area contributed by atoms with Crippen molar-refractivity contribution in [2.75, 3.05) is 5.32 Å². The maximum Gasteiger partial charge on any atom is 0.270 e. The highest BCUT2D eigenvalue weighted by atomic mass is 16.1. The van der Waals surface area contributed by atoms with Crippen LogP contribution in [0.3, 0.4) is 0 Å². The van der Waals surface area contributed by atoms with Crippen molar-refractivity contribution in [1.82, 2.24) is 15.3 Å². The Balaban J connectivity index is 1.70. The van der Waals surface area contributed by atoms with E-state index in [1.165, 1.54) is 17.5 Å². The fraction of sp³-hybridized carbons (Fsp3) is 0.190. The van der Waals surface area contributed by atoms with Crippen LogP contribution in [0.15, 0.2) is 54.9 Å². The number of anilines is 2. The number of nitrogens with zero attached hydrogens (tertiary/aromatic N) is 2. The number of benzene rings is 2. The summed E-state index contributed by atoms with van der Waals surface area (Å²) in [5.41, 5.74) is 5.87. The highest BCUT2D eigenvalue weighted by molar-refractivity contribution is 5.92. The van der Waals surface area contributed by atoms with Gasteiger partial charge in [0.2, 0.25) is 0 Å². The molecular weight excluding hydrogens is 324 g/mol. The van der Waals surface area contributed by atoms with E-state index in [1.807, 2.05) is 50.2 Å². The fourth-order valence-corrected chi connectivity index (χ4v) is 2.67. The number of aryl methyl sites for hydroxylation is 2. The first-order chi connectivity index (χ1) is 12.5. The lowest BCUT2D eigenvalue weighted by Gasteiger charge is -2.11. The smallest absolute Gasteiger partial charge is 0.270 e. The molecule has 1 amide bonds. The molecule has 2 aromatic carbocycles. The number of amides is 1. The van der Waals surface area contributed by atoms with Crippen LogP contribution in [0.1, 0.15) is 32.7 Å². The Morgan fingerprint density at radius 1 is 1.00 bits per heavy atom. The summed E-state index contributed by atoms with van der Waals surface area (Å²) in [5.74, 6) is 0.368. The molecule has 1 aromatic heterocycles. The maximum atomic E-state index is 12.4. The zero-order valence-electron chi connectivity index (χ0n) is 15.2. The summed E-state index contributed by atoms with van der Waals surface area (Å²) in [6.45, 7) is 6.60. The Bertz CT molecular complexity index is 937. The number of hydrogen-bond donors (Lipinski definition) is 2. The van der Waals surface area contributed by atoms with Gasteiger partial charge in [0.25, 0.3) is 5.91 Å². The third-order valence-electron chi connectivity index (χ3n) is 4.30. The summed E-state index contributed by atoms with van der Waals surface area (Å²) in [7, 11) is 0. The summed E-state index contributed by atoms with van der Waals surface area (Å²) >= 11 is 0. The zero-order valence-corrected chi connectivity index (χ0v) is 15.2. The first-order valence-corrected chi connectivity index (χ1v) is 8.52. The largest absolute Gasteiger partial charge is 0.347 e. The standard InChI is InChI=1S/C21H22N4O/c1-14-6-4-8-17(10-14)12-22-21(26)19-11-20(24-13-23-19)25-18-9-5-7-15(2)16(18)3/h4-11,13H,12H2,1-3H3,(H,22,26)(H,23,24,25). The van der Waals surface area contributed by atoms with Crippen molar-refractivity contribution >= 4 is 17.4 Å². The Hall–Kier alpha value is -3.21. The van der Waals surface area contributed by atoms with E-state index in [4.69, 9.17) is 0 Å². The topological polar surface area (TPSA) is 66.9 Å². The maximum absolute atomic E-state index is 12.4. The van der Waals surface area contributed by atoms with Crippen LogP contribution in [0.5, 0.6) is 0 Å². The Morgan fingerprint density at radius 3 is 2.62 bits per heavy atom. The molecular formula is C21H22N4O. The van der Waals surface area contributed by atoms with E-state index in [0.717, 1.165) is 16.8 Å². The zero-order chi connectivity index (χ0) is 18.5. The summed E-state index contributed by atoms with van der Waals surface area (Å²) in [6.07, 6.45) is 1.40. The molecule has 2 N–H and O–H groups in total. The van der Waals surface area contributed by atoms with Crippen molar-refractivity contribution in [3.8, 4) is 0 Å². The molecule has 0 unspecified atom stereocenters. The Kier molecular flexibility index (Phi) is 5.27. The van der Waals surface area contributed by atoms with Crippen LogP contribution in [0.2, 0.25) is 0 Å². The highest BCUT2D eigenvalue weighted by Gasteiger charge is 2.10. The summed E-state index contributed by atoms with van der Waals surface area (Å²) < 4.78 is 0. The number of aromatic nitrogens is 2. The van der Waals surface area contributed by atoms with Gasteiger partial charge >= 0.3 is 0 Å². The van der Waals surface area contributed by atoms with Crippen LogP contribution in [-0.2, 0) is 6.54 Å². The van der Waals surface area contributed by atoms with Crippen LogP contribution in [0.25, 0.3) is 0 Å². The monoisotopic (exact) mass is 346 g/mol. The number of nitrogens with one attached hydrogen (secondary N) is 2. The van der Waals surface area contributed by atoms with Crippen molar-refractivity contribution in [3.05, 3.63) is 82.8 Å². The number of hydrogen-bond acceptors (Lipinski definition) is 4. The minimum Gasteiger partial charge on any atom is -0.347 e. The van der Waals surface area contributed by atoms with Gasteiger partial charge in [0.1, 0.15) is 17.8 Å². The molecule has 1 heterocycles. The average Bonchev–Trinajstić information content (AvgIpc) is 2.64. The Labute approximate surface area is 153 Å². The molecule has 0 aliphatic heterocycles. The molecule has 0 radical (unpaired) electrons. The summed E-state index contributed by atoms with van der Waals surface area (Å²) in [6, 6.07) is 15.7. The number of carbonyl (C=O) groups is 1. The van der Waals surface area contributed by atoms with Gasteiger partial charge in [-0.2, -0.15) is 0 Å². The van der Waals surface area contributed by atoms with Gasteiger partial charge in [-0.1, -0.05) is 42.0 Å². The van der Waals surface area contributed by atoms with Crippen molar-refractivity contribution in [2.24, 2.45) is 0 Å². The highest BCUT2D eigenvalue weighted by Crippen LogP contribution is 2.21. The van der Waals surface area contributed by atoms with Gasteiger partial charge in [0.05, 0.1) is 0 Å². The summed E-state index contributed by atoms with van der Waals surface area (Å²) in [5, 5.41) is 6.16. The predicted molar refractivity (Wildman–Crippen MR) is 104 cm³/mol. The molecule has 0 aliphatic carbocycles. The van der Waals surface area contributed by atoms with E-state index < -0.39 is 0 Å². The van der Waals surface area contributed by atoms with E-state index in [0.29, 0.717) is 18.1 Å². The first-order valence-electron chi connectivity index (χ1n) is 8.52. The second kappa shape index (κ2) is 7.78. The number of carbonyl (C=O) groups excluding carboxylic acids is 1. The van der Waals surface area contributed by atoms with Crippen molar-refractivity contribution in [2.45, 2.75) is 27.3 Å². The van der Waals surface area contributed by atoms with Crippen LogP contribution in [0.4, 0.5) is 11.5 Å². The summed E-state index contributed by atoms with van der Waals surface area (Å²) in [4.78, 5) is 20.7.